The number of hydrogen-bond donors (Lipinski definition) is 3. The van der Waals surface area contributed by atoms with Crippen molar-refractivity contribution in [1.82, 2.24) is 20.2 Å². The Kier molecular flexibility index (Phi) is 5.47. The number of aromatic nitrogens is 2. The van der Waals surface area contributed by atoms with E-state index >= 15 is 0 Å². The number of carbonyl (C=O) groups excluding carboxylic acids is 3. The van der Waals surface area contributed by atoms with Crippen LogP contribution in [-0.4, -0.2) is 39.9 Å². The summed E-state index contributed by atoms with van der Waals surface area (Å²) in [5, 5.41) is 8.33. The summed E-state index contributed by atoms with van der Waals surface area (Å²) in [5.74, 6) is 0.0853. The van der Waals surface area contributed by atoms with E-state index in [1.54, 1.807) is 24.3 Å². The summed E-state index contributed by atoms with van der Waals surface area (Å²) in [5.41, 5.74) is 2.86. The molecule has 1 atom stereocenters. The van der Waals surface area contributed by atoms with Gasteiger partial charge < -0.3 is 20.5 Å². The van der Waals surface area contributed by atoms with Gasteiger partial charge in [-0.2, -0.15) is 0 Å². The van der Waals surface area contributed by atoms with Crippen LogP contribution in [0.1, 0.15) is 29.0 Å². The monoisotopic (exact) mass is 405 g/mol. The fourth-order valence-corrected chi connectivity index (χ4v) is 3.66. The van der Waals surface area contributed by atoms with E-state index in [0.717, 1.165) is 16.9 Å². The average Bonchev–Trinajstić information content (AvgIpc) is 2.99. The van der Waals surface area contributed by atoms with Crippen LogP contribution in [0.4, 0.5) is 5.69 Å². The Hall–Kier alpha value is -3.68. The zero-order chi connectivity index (χ0) is 21.1. The highest BCUT2D eigenvalue weighted by Crippen LogP contribution is 2.19. The molecule has 0 saturated carbocycles. The van der Waals surface area contributed by atoms with E-state index in [9.17, 15) is 14.4 Å². The Morgan fingerprint density at radius 2 is 1.90 bits per heavy atom. The molecule has 1 aliphatic heterocycles. The number of nitrogens with zero attached hydrogens (tertiary/aromatic N) is 2. The molecule has 4 rings (SSSR count). The van der Waals surface area contributed by atoms with Crippen molar-refractivity contribution in [3.05, 3.63) is 59.9 Å². The smallest absolute Gasteiger partial charge is 0.254 e. The molecule has 0 fully saturated rings. The minimum atomic E-state index is -0.754. The van der Waals surface area contributed by atoms with Gasteiger partial charge in [0.1, 0.15) is 11.9 Å². The van der Waals surface area contributed by atoms with Crippen LogP contribution < -0.4 is 16.0 Å². The van der Waals surface area contributed by atoms with Crippen molar-refractivity contribution in [2.75, 3.05) is 11.9 Å². The predicted octanol–water partition coefficient (Wildman–Crippen LogP) is 1.99. The highest BCUT2D eigenvalue weighted by atomic mass is 16.2. The lowest BCUT2D eigenvalue weighted by molar-refractivity contribution is -0.121. The molecule has 3 aromatic rings. The number of rotatable bonds is 6. The van der Waals surface area contributed by atoms with Gasteiger partial charge in [-0.3, -0.25) is 14.4 Å². The van der Waals surface area contributed by atoms with Gasteiger partial charge in [-0.1, -0.05) is 24.3 Å². The number of amides is 3. The van der Waals surface area contributed by atoms with Crippen LogP contribution in [0.3, 0.4) is 0 Å². The van der Waals surface area contributed by atoms with E-state index in [1.165, 1.54) is 0 Å². The minimum Gasteiger partial charge on any atom is -0.354 e. The molecule has 0 spiro atoms. The summed E-state index contributed by atoms with van der Waals surface area (Å²) >= 11 is 0. The van der Waals surface area contributed by atoms with Gasteiger partial charge in [-0.05, 0) is 37.6 Å². The maximum Gasteiger partial charge on any atom is 0.254 e. The number of carbonyl (C=O) groups is 3. The van der Waals surface area contributed by atoms with E-state index in [-0.39, 0.29) is 30.6 Å². The zero-order valence-corrected chi connectivity index (χ0v) is 16.6. The molecule has 0 saturated heterocycles. The van der Waals surface area contributed by atoms with Gasteiger partial charge in [0.2, 0.25) is 11.8 Å². The molecule has 0 radical (unpaired) electrons. The molecule has 0 aliphatic carbocycles. The average molecular weight is 405 g/mol. The fourth-order valence-electron chi connectivity index (χ4n) is 3.66. The first kappa shape index (κ1) is 19.6. The molecule has 8 nitrogen and oxygen atoms in total. The summed E-state index contributed by atoms with van der Waals surface area (Å²) in [4.78, 5) is 41.5. The van der Waals surface area contributed by atoms with Gasteiger partial charge in [0.05, 0.1) is 22.3 Å². The quantitative estimate of drug-likeness (QED) is 0.583. The molecule has 154 valence electrons. The van der Waals surface area contributed by atoms with Crippen molar-refractivity contribution in [1.29, 1.82) is 0 Å². The molecule has 2 aromatic carbocycles. The van der Waals surface area contributed by atoms with Crippen LogP contribution >= 0.6 is 0 Å². The van der Waals surface area contributed by atoms with E-state index in [4.69, 9.17) is 0 Å². The highest BCUT2D eigenvalue weighted by molar-refractivity contribution is 6.09. The van der Waals surface area contributed by atoms with Crippen molar-refractivity contribution in [2.24, 2.45) is 0 Å². The number of aryl methyl sites for hydroxylation is 1. The van der Waals surface area contributed by atoms with Crippen LogP contribution in [0.5, 0.6) is 0 Å². The second-order valence-electron chi connectivity index (χ2n) is 7.25. The molecule has 0 bridgehead atoms. The first-order valence-corrected chi connectivity index (χ1v) is 9.92. The van der Waals surface area contributed by atoms with Gasteiger partial charge in [0.25, 0.3) is 5.91 Å². The molecule has 1 aromatic heterocycles. The maximum absolute atomic E-state index is 12.4. The first-order chi connectivity index (χ1) is 14.5. The summed E-state index contributed by atoms with van der Waals surface area (Å²) in [6.45, 7) is 3.00. The fraction of sp³-hybridized carbons (Fsp3) is 0.273. The van der Waals surface area contributed by atoms with Crippen LogP contribution in [0.2, 0.25) is 0 Å². The number of nitrogens with one attached hydrogen (secondary N) is 3. The van der Waals surface area contributed by atoms with Crippen LogP contribution in [0.15, 0.2) is 48.5 Å². The van der Waals surface area contributed by atoms with Crippen molar-refractivity contribution < 1.29 is 14.4 Å². The molecule has 8 heteroatoms. The summed E-state index contributed by atoms with van der Waals surface area (Å²) < 4.78 is 2.06. The number of hydrogen-bond acceptors (Lipinski definition) is 4. The topological polar surface area (TPSA) is 105 Å². The molecule has 0 unspecified atom stereocenters. The first-order valence-electron chi connectivity index (χ1n) is 9.92. The minimum absolute atomic E-state index is 0.137. The Bertz CT molecular complexity index is 1120. The van der Waals surface area contributed by atoms with Gasteiger partial charge in [-0.15, -0.1) is 0 Å². The molecular formula is C22H23N5O3. The lowest BCUT2D eigenvalue weighted by Crippen LogP contribution is -2.42. The molecule has 2 heterocycles. The van der Waals surface area contributed by atoms with Gasteiger partial charge >= 0.3 is 0 Å². The highest BCUT2D eigenvalue weighted by Gasteiger charge is 2.27. The van der Waals surface area contributed by atoms with Crippen molar-refractivity contribution >= 4 is 34.4 Å². The molecule has 1 aliphatic rings. The normalized spacial score (nSPS) is 15.8. The molecule has 3 N–H and O–H groups in total. The molecular weight excluding hydrogens is 382 g/mol. The number of fused-ring (bicyclic) bond motifs is 2. The number of benzene rings is 2. The number of para-hydroxylation sites is 3. The van der Waals surface area contributed by atoms with E-state index < -0.39 is 6.04 Å². The van der Waals surface area contributed by atoms with E-state index in [0.29, 0.717) is 24.3 Å². The molecule has 30 heavy (non-hydrogen) atoms. The third-order valence-corrected chi connectivity index (χ3v) is 5.21. The Balaban J connectivity index is 1.29. The number of imidazole rings is 1. The SMILES string of the molecule is Cc1nc2ccccc2n1CCNC(=O)CC[C@H]1NC(=O)c2ccccc2NC1=O. The largest absolute Gasteiger partial charge is 0.354 e. The Morgan fingerprint density at radius 1 is 1.13 bits per heavy atom. The maximum atomic E-state index is 12.4. The van der Waals surface area contributed by atoms with E-state index in [2.05, 4.69) is 25.5 Å². The van der Waals surface area contributed by atoms with Crippen molar-refractivity contribution in [3.8, 4) is 0 Å². The predicted molar refractivity (Wildman–Crippen MR) is 113 cm³/mol. The molecule has 3 amide bonds. The summed E-state index contributed by atoms with van der Waals surface area (Å²) in [6.07, 6.45) is 0.364. The van der Waals surface area contributed by atoms with Crippen molar-refractivity contribution in [3.63, 3.8) is 0 Å². The van der Waals surface area contributed by atoms with Gasteiger partial charge in [0, 0.05) is 19.5 Å². The van der Waals surface area contributed by atoms with Gasteiger partial charge in [0.15, 0.2) is 0 Å². The van der Waals surface area contributed by atoms with Crippen LogP contribution in [0, 0.1) is 6.92 Å². The third-order valence-electron chi connectivity index (χ3n) is 5.21. The Labute approximate surface area is 173 Å². The second kappa shape index (κ2) is 8.36. The van der Waals surface area contributed by atoms with Crippen LogP contribution in [-0.2, 0) is 16.1 Å². The Morgan fingerprint density at radius 3 is 2.77 bits per heavy atom. The van der Waals surface area contributed by atoms with Crippen LogP contribution in [0.25, 0.3) is 11.0 Å². The van der Waals surface area contributed by atoms with Crippen molar-refractivity contribution in [2.45, 2.75) is 32.4 Å². The summed E-state index contributed by atoms with van der Waals surface area (Å²) in [6, 6.07) is 13.9. The lowest BCUT2D eigenvalue weighted by Gasteiger charge is -2.14. The number of anilines is 1. The summed E-state index contributed by atoms with van der Waals surface area (Å²) in [7, 11) is 0. The van der Waals surface area contributed by atoms with E-state index in [1.807, 2.05) is 31.2 Å². The second-order valence-corrected chi connectivity index (χ2v) is 7.25. The zero-order valence-electron chi connectivity index (χ0n) is 16.6. The standard InChI is InChI=1S/C22H23N5O3/c1-14-24-17-8-4-5-9-19(17)27(14)13-12-23-20(28)11-10-18-22(30)25-16-7-3-2-6-15(16)21(29)26-18/h2-9,18H,10-13H2,1H3,(H,23,28)(H,25,30)(H,26,29)/t18-/m1/s1. The lowest BCUT2D eigenvalue weighted by atomic mass is 10.1. The third kappa shape index (κ3) is 4.03. The van der Waals surface area contributed by atoms with Gasteiger partial charge in [-0.25, -0.2) is 4.98 Å².